The SMILES string of the molecule is COc1cc(/C=C2\SC(=O)N(CC(=O)Nc3ccc(N4CCOCC4)cc3)C2=O)ccc1OCC(=O)Nc1ccccc1. The number of thioether (sulfide) groups is 1. The lowest BCUT2D eigenvalue weighted by Crippen LogP contribution is -2.36. The highest BCUT2D eigenvalue weighted by Crippen LogP contribution is 2.34. The molecule has 4 amide bonds. The number of ether oxygens (including phenoxy) is 3. The summed E-state index contributed by atoms with van der Waals surface area (Å²) >= 11 is 0.753. The molecule has 0 aromatic heterocycles. The number of imide groups is 1. The van der Waals surface area contributed by atoms with Gasteiger partial charge < -0.3 is 29.7 Å². The first-order chi connectivity index (χ1) is 20.9. The van der Waals surface area contributed by atoms with Crippen molar-refractivity contribution in [3.63, 3.8) is 0 Å². The molecule has 0 radical (unpaired) electrons. The fraction of sp³-hybridized carbons (Fsp3) is 0.226. The molecule has 3 aromatic rings. The quantitative estimate of drug-likeness (QED) is 0.328. The fourth-order valence-electron chi connectivity index (χ4n) is 4.46. The Balaban J connectivity index is 1.16. The van der Waals surface area contributed by atoms with Crippen molar-refractivity contribution in [3.8, 4) is 11.5 Å². The average molecular weight is 603 g/mol. The first-order valence-electron chi connectivity index (χ1n) is 13.5. The Morgan fingerprint density at radius 3 is 2.33 bits per heavy atom. The van der Waals surface area contributed by atoms with Gasteiger partial charge >= 0.3 is 0 Å². The van der Waals surface area contributed by atoms with Crippen molar-refractivity contribution >= 4 is 57.9 Å². The van der Waals surface area contributed by atoms with Crippen molar-refractivity contribution in [1.29, 1.82) is 0 Å². The Bertz CT molecular complexity index is 1520. The molecular weight excluding hydrogens is 572 g/mol. The van der Waals surface area contributed by atoms with Crippen molar-refractivity contribution in [2.24, 2.45) is 0 Å². The third-order valence-electron chi connectivity index (χ3n) is 6.60. The summed E-state index contributed by atoms with van der Waals surface area (Å²) in [6.45, 7) is 2.31. The number of anilines is 3. The number of para-hydroxylation sites is 1. The number of nitrogens with one attached hydrogen (secondary N) is 2. The standard InChI is InChI=1S/C31H30N4O7S/c1-40-26-17-21(7-12-25(26)42-20-29(37)33-22-5-3-2-4-6-22)18-27-30(38)35(31(39)43-27)19-28(36)32-23-8-10-24(11-9-23)34-13-15-41-16-14-34/h2-12,17-18H,13-16,19-20H2,1H3,(H,32,36)(H,33,37)/b27-18-. The van der Waals surface area contributed by atoms with Crippen LogP contribution < -0.4 is 25.0 Å². The normalized spacial score (nSPS) is 15.9. The smallest absolute Gasteiger partial charge is 0.294 e. The van der Waals surface area contributed by atoms with Crippen LogP contribution in [-0.4, -0.2) is 74.4 Å². The molecule has 2 N–H and O–H groups in total. The maximum atomic E-state index is 13.0. The Labute approximate surface area is 252 Å². The molecule has 0 bridgehead atoms. The zero-order valence-corrected chi connectivity index (χ0v) is 24.2. The van der Waals surface area contributed by atoms with Crippen molar-refractivity contribution < 1.29 is 33.4 Å². The molecule has 0 spiro atoms. The van der Waals surface area contributed by atoms with Gasteiger partial charge in [0.25, 0.3) is 17.1 Å². The summed E-state index contributed by atoms with van der Waals surface area (Å²) < 4.78 is 16.4. The minimum absolute atomic E-state index is 0.172. The number of nitrogens with zero attached hydrogens (tertiary/aromatic N) is 2. The molecular formula is C31H30N4O7S. The van der Waals surface area contributed by atoms with E-state index in [0.29, 0.717) is 41.7 Å². The van der Waals surface area contributed by atoms with E-state index in [1.807, 2.05) is 30.3 Å². The topological polar surface area (TPSA) is 127 Å². The van der Waals surface area contributed by atoms with Crippen LogP contribution in [0.15, 0.2) is 77.7 Å². The third-order valence-corrected chi connectivity index (χ3v) is 7.51. The molecule has 222 valence electrons. The Hall–Kier alpha value is -4.81. The number of hydrogen-bond donors (Lipinski definition) is 2. The molecule has 0 saturated carbocycles. The van der Waals surface area contributed by atoms with Gasteiger partial charge in [0, 0.05) is 30.2 Å². The van der Waals surface area contributed by atoms with E-state index in [-0.39, 0.29) is 17.4 Å². The third kappa shape index (κ3) is 7.73. The zero-order chi connectivity index (χ0) is 30.2. The summed E-state index contributed by atoms with van der Waals surface area (Å²) in [5.41, 5.74) is 2.83. The zero-order valence-electron chi connectivity index (χ0n) is 23.4. The van der Waals surface area contributed by atoms with Gasteiger partial charge in [0.05, 0.1) is 25.2 Å². The molecule has 12 heteroatoms. The van der Waals surface area contributed by atoms with E-state index in [0.717, 1.165) is 35.4 Å². The summed E-state index contributed by atoms with van der Waals surface area (Å²) in [4.78, 5) is 53.8. The molecule has 2 saturated heterocycles. The van der Waals surface area contributed by atoms with Gasteiger partial charge in [-0.05, 0) is 71.9 Å². The highest BCUT2D eigenvalue weighted by atomic mass is 32.2. The van der Waals surface area contributed by atoms with Crippen molar-refractivity contribution in [3.05, 3.63) is 83.3 Å². The Morgan fingerprint density at radius 2 is 1.60 bits per heavy atom. The van der Waals surface area contributed by atoms with Crippen LogP contribution in [-0.2, 0) is 19.1 Å². The number of rotatable bonds is 10. The Morgan fingerprint density at radius 1 is 0.907 bits per heavy atom. The molecule has 0 aliphatic carbocycles. The molecule has 2 aliphatic heterocycles. The van der Waals surface area contributed by atoms with Crippen LogP contribution in [0.3, 0.4) is 0 Å². The monoisotopic (exact) mass is 602 g/mol. The van der Waals surface area contributed by atoms with Gasteiger partial charge in [-0.25, -0.2) is 0 Å². The predicted octanol–water partition coefficient (Wildman–Crippen LogP) is 4.22. The molecule has 11 nitrogen and oxygen atoms in total. The lowest BCUT2D eigenvalue weighted by molar-refractivity contribution is -0.127. The molecule has 3 aromatic carbocycles. The summed E-state index contributed by atoms with van der Waals surface area (Å²) in [5.74, 6) is -0.697. The lowest BCUT2D eigenvalue weighted by Gasteiger charge is -2.28. The summed E-state index contributed by atoms with van der Waals surface area (Å²) in [5, 5.41) is 4.95. The first kappa shape index (κ1) is 29.7. The van der Waals surface area contributed by atoms with Crippen LogP contribution in [0, 0.1) is 0 Å². The van der Waals surface area contributed by atoms with Crippen LogP contribution in [0.1, 0.15) is 5.56 Å². The number of benzene rings is 3. The van der Waals surface area contributed by atoms with Crippen LogP contribution in [0.25, 0.3) is 6.08 Å². The fourth-order valence-corrected chi connectivity index (χ4v) is 5.30. The molecule has 2 aliphatic rings. The van der Waals surface area contributed by atoms with Crippen molar-refractivity contribution in [2.45, 2.75) is 0 Å². The van der Waals surface area contributed by atoms with E-state index >= 15 is 0 Å². The highest BCUT2D eigenvalue weighted by Gasteiger charge is 2.36. The van der Waals surface area contributed by atoms with Crippen molar-refractivity contribution in [2.75, 3.05) is 62.1 Å². The highest BCUT2D eigenvalue weighted by molar-refractivity contribution is 8.18. The van der Waals surface area contributed by atoms with E-state index in [9.17, 15) is 19.2 Å². The van der Waals surface area contributed by atoms with E-state index in [1.54, 1.807) is 48.5 Å². The summed E-state index contributed by atoms with van der Waals surface area (Å²) in [6.07, 6.45) is 1.54. The number of carbonyl (C=O) groups excluding carboxylic acids is 4. The molecule has 5 rings (SSSR count). The second-order valence-corrected chi connectivity index (χ2v) is 10.6. The second-order valence-electron chi connectivity index (χ2n) is 9.58. The molecule has 2 fully saturated rings. The number of hydrogen-bond acceptors (Lipinski definition) is 9. The molecule has 43 heavy (non-hydrogen) atoms. The number of amides is 4. The van der Waals surface area contributed by atoms with Gasteiger partial charge in [-0.3, -0.25) is 24.1 Å². The van der Waals surface area contributed by atoms with Crippen LogP contribution in [0.2, 0.25) is 0 Å². The second kappa shape index (κ2) is 13.9. The van der Waals surface area contributed by atoms with E-state index in [1.165, 1.54) is 7.11 Å². The Kier molecular flexibility index (Phi) is 9.59. The number of morpholine rings is 1. The van der Waals surface area contributed by atoms with Gasteiger partial charge in [0.15, 0.2) is 18.1 Å². The lowest BCUT2D eigenvalue weighted by atomic mass is 10.2. The predicted molar refractivity (Wildman–Crippen MR) is 164 cm³/mol. The van der Waals surface area contributed by atoms with Gasteiger partial charge in [-0.15, -0.1) is 0 Å². The average Bonchev–Trinajstić information content (AvgIpc) is 3.28. The largest absolute Gasteiger partial charge is 0.493 e. The molecule has 0 atom stereocenters. The van der Waals surface area contributed by atoms with E-state index in [2.05, 4.69) is 15.5 Å². The summed E-state index contributed by atoms with van der Waals surface area (Å²) in [7, 11) is 1.46. The molecule has 2 heterocycles. The summed E-state index contributed by atoms with van der Waals surface area (Å²) in [6, 6.07) is 21.3. The van der Waals surface area contributed by atoms with Gasteiger partial charge in [0.2, 0.25) is 5.91 Å². The first-order valence-corrected chi connectivity index (χ1v) is 14.3. The van der Waals surface area contributed by atoms with Crippen LogP contribution >= 0.6 is 11.8 Å². The van der Waals surface area contributed by atoms with E-state index < -0.39 is 23.6 Å². The number of carbonyl (C=O) groups is 4. The van der Waals surface area contributed by atoms with E-state index in [4.69, 9.17) is 14.2 Å². The van der Waals surface area contributed by atoms with Gasteiger partial charge in [-0.1, -0.05) is 24.3 Å². The number of methoxy groups -OCH3 is 1. The maximum absolute atomic E-state index is 13.0. The van der Waals surface area contributed by atoms with Gasteiger partial charge in [0.1, 0.15) is 6.54 Å². The minimum Gasteiger partial charge on any atom is -0.493 e. The van der Waals surface area contributed by atoms with Crippen LogP contribution in [0.4, 0.5) is 21.9 Å². The van der Waals surface area contributed by atoms with Crippen LogP contribution in [0.5, 0.6) is 11.5 Å². The minimum atomic E-state index is -0.565. The maximum Gasteiger partial charge on any atom is 0.294 e. The molecule has 0 unspecified atom stereocenters. The van der Waals surface area contributed by atoms with Gasteiger partial charge in [-0.2, -0.15) is 0 Å². The van der Waals surface area contributed by atoms with Crippen molar-refractivity contribution in [1.82, 2.24) is 4.90 Å².